The van der Waals surface area contributed by atoms with Gasteiger partial charge in [-0.2, -0.15) is 0 Å². The van der Waals surface area contributed by atoms with Gasteiger partial charge in [0, 0.05) is 5.69 Å². The fourth-order valence-electron chi connectivity index (χ4n) is 6.78. The summed E-state index contributed by atoms with van der Waals surface area (Å²) in [5.74, 6) is -0.132. The van der Waals surface area contributed by atoms with E-state index >= 15 is 0 Å². The second-order valence-corrected chi connectivity index (χ2v) is 13.8. The van der Waals surface area contributed by atoms with Crippen molar-refractivity contribution in [3.63, 3.8) is 0 Å². The van der Waals surface area contributed by atoms with Crippen LogP contribution in [0, 0.1) is 0 Å². The van der Waals surface area contributed by atoms with E-state index in [0.717, 1.165) is 61.9 Å². The average Bonchev–Trinajstić information content (AvgIpc) is 3.73. The number of nitrogen functional groups attached to an aromatic ring is 2. The Morgan fingerprint density at radius 1 is 0.891 bits per heavy atom. The van der Waals surface area contributed by atoms with Crippen molar-refractivity contribution in [2.24, 2.45) is 0 Å². The summed E-state index contributed by atoms with van der Waals surface area (Å²) in [7, 11) is 1.81. The van der Waals surface area contributed by atoms with Crippen molar-refractivity contribution in [3.05, 3.63) is 77.4 Å². The number of carbonyl (C=O) groups is 2. The molecule has 0 aromatic heterocycles. The van der Waals surface area contributed by atoms with Crippen LogP contribution < -0.4 is 37.6 Å². The van der Waals surface area contributed by atoms with Crippen LogP contribution in [-0.4, -0.2) is 37.5 Å². The zero-order valence-electron chi connectivity index (χ0n) is 28.0. The minimum absolute atomic E-state index is 0.0353. The summed E-state index contributed by atoms with van der Waals surface area (Å²) in [6.07, 6.45) is 5.26. The summed E-state index contributed by atoms with van der Waals surface area (Å²) >= 11 is 0. The van der Waals surface area contributed by atoms with E-state index in [4.69, 9.17) is 11.5 Å². The third-order valence-electron chi connectivity index (χ3n) is 9.48. The Morgan fingerprint density at radius 3 is 1.98 bits per heavy atom. The van der Waals surface area contributed by atoms with E-state index in [1.165, 1.54) is 5.56 Å². The molecular formula is C37H51N7O2. The van der Waals surface area contributed by atoms with E-state index in [9.17, 15) is 9.59 Å². The Hall–Kier alpha value is -4.08. The van der Waals surface area contributed by atoms with E-state index in [0.29, 0.717) is 22.7 Å². The highest BCUT2D eigenvalue weighted by atomic mass is 16.2. The predicted octanol–water partition coefficient (Wildman–Crippen LogP) is 6.25. The Balaban J connectivity index is 1.49. The second-order valence-electron chi connectivity index (χ2n) is 13.8. The van der Waals surface area contributed by atoms with Gasteiger partial charge in [0.25, 0.3) is 0 Å². The summed E-state index contributed by atoms with van der Waals surface area (Å²) in [4.78, 5) is 28.5. The first-order chi connectivity index (χ1) is 22.0. The molecule has 2 fully saturated rings. The summed E-state index contributed by atoms with van der Waals surface area (Å²) in [6.45, 7) is 9.58. The molecule has 2 amide bonds. The largest absolute Gasteiger partial charge is 0.397 e. The number of anilines is 5. The van der Waals surface area contributed by atoms with Gasteiger partial charge in [-0.15, -0.1) is 0 Å². The quantitative estimate of drug-likeness (QED) is 0.147. The molecule has 2 aliphatic heterocycles. The number of hydrogen-bond donors (Lipinski definition) is 6. The molecule has 3 unspecified atom stereocenters. The number of likely N-dealkylation sites (N-methyl/N-ethyl adjacent to an activating group) is 1. The van der Waals surface area contributed by atoms with Crippen LogP contribution in [0.1, 0.15) is 95.0 Å². The molecule has 3 aromatic rings. The zero-order valence-corrected chi connectivity index (χ0v) is 28.0. The van der Waals surface area contributed by atoms with Crippen LogP contribution in [0.4, 0.5) is 28.4 Å². The van der Waals surface area contributed by atoms with E-state index < -0.39 is 0 Å². The molecule has 0 bridgehead atoms. The molecule has 0 radical (unpaired) electrons. The Kier molecular flexibility index (Phi) is 10.2. The smallest absolute Gasteiger partial charge is 0.241 e. The van der Waals surface area contributed by atoms with Crippen LogP contribution in [0.25, 0.3) is 0 Å². The number of nitrogens with two attached hydrogens (primary N) is 2. The molecule has 2 saturated heterocycles. The van der Waals surface area contributed by atoms with Crippen LogP contribution >= 0.6 is 0 Å². The zero-order chi connectivity index (χ0) is 33.0. The maximum Gasteiger partial charge on any atom is 0.241 e. The predicted molar refractivity (Wildman–Crippen MR) is 190 cm³/mol. The van der Waals surface area contributed by atoms with E-state index in [1.54, 1.807) is 7.05 Å². The summed E-state index contributed by atoms with van der Waals surface area (Å²) in [5, 5.41) is 12.6. The maximum atomic E-state index is 13.1. The van der Waals surface area contributed by atoms with Crippen LogP contribution in [0.3, 0.4) is 0 Å². The van der Waals surface area contributed by atoms with Crippen molar-refractivity contribution in [3.8, 4) is 0 Å². The molecule has 2 heterocycles. The normalized spacial score (nSPS) is 20.5. The molecular weight excluding hydrogens is 574 g/mol. The van der Waals surface area contributed by atoms with Gasteiger partial charge in [0.1, 0.15) is 0 Å². The summed E-state index contributed by atoms with van der Waals surface area (Å²) < 4.78 is 0. The molecule has 0 saturated carbocycles. The third-order valence-corrected chi connectivity index (χ3v) is 9.48. The summed E-state index contributed by atoms with van der Waals surface area (Å²) in [6, 6.07) is 20.4. The molecule has 4 atom stereocenters. The first-order valence-electron chi connectivity index (χ1n) is 16.7. The minimum atomic E-state index is -0.286. The fourth-order valence-corrected chi connectivity index (χ4v) is 6.78. The molecule has 2 aliphatic rings. The van der Waals surface area contributed by atoms with Gasteiger partial charge in [0.05, 0.1) is 46.9 Å². The van der Waals surface area contributed by atoms with Crippen molar-refractivity contribution in [1.82, 2.24) is 10.6 Å². The van der Waals surface area contributed by atoms with Gasteiger partial charge in [-0.25, -0.2) is 0 Å². The number of rotatable bonds is 10. The van der Waals surface area contributed by atoms with Crippen LogP contribution in [0.5, 0.6) is 0 Å². The standard InChI is InChI=1S/C37H51N7O2/c1-6-8-29(40-5)35(45)42-31-21-23(10-16-27(31)38)33-18-19-34(44(33)26-14-12-25(13-15-26)37(2,3)4)24-11-17-28(39)32(22-24)43-36(46)30-9-7-20-41-30/h10-17,21-22,29-30,33-34,40-41H,6-9,18-20,38-39H2,1-5H3,(H,42,45)(H,43,46)/t29-,30?,33?,34?/m0/s1. The Labute approximate surface area is 273 Å². The number of carbonyl (C=O) groups excluding carboxylic acids is 2. The van der Waals surface area contributed by atoms with Gasteiger partial charge < -0.3 is 37.6 Å². The summed E-state index contributed by atoms with van der Waals surface area (Å²) in [5.41, 5.74) is 19.7. The second kappa shape index (κ2) is 14.1. The minimum Gasteiger partial charge on any atom is -0.397 e. The van der Waals surface area contributed by atoms with Gasteiger partial charge in [-0.05, 0) is 104 Å². The molecule has 9 nitrogen and oxygen atoms in total. The molecule has 46 heavy (non-hydrogen) atoms. The number of nitrogens with one attached hydrogen (secondary N) is 4. The average molecular weight is 626 g/mol. The van der Waals surface area contributed by atoms with Gasteiger partial charge in [-0.3, -0.25) is 9.59 Å². The van der Waals surface area contributed by atoms with Crippen molar-refractivity contribution in [2.75, 3.05) is 40.6 Å². The molecule has 3 aromatic carbocycles. The van der Waals surface area contributed by atoms with Gasteiger partial charge in [-0.1, -0.05) is 58.4 Å². The van der Waals surface area contributed by atoms with Gasteiger partial charge in [0.2, 0.25) is 11.8 Å². The van der Waals surface area contributed by atoms with Gasteiger partial charge >= 0.3 is 0 Å². The number of nitrogens with zero attached hydrogens (tertiary/aromatic N) is 1. The van der Waals surface area contributed by atoms with Crippen molar-refractivity contribution >= 4 is 40.3 Å². The van der Waals surface area contributed by atoms with Crippen molar-refractivity contribution < 1.29 is 9.59 Å². The number of amides is 2. The SMILES string of the molecule is CCC[C@H](NC)C(=O)Nc1cc(C2CCC(c3ccc(N)c(NC(=O)C4CCCN4)c3)N2c2ccc(C(C)(C)C)cc2)ccc1N. The lowest BCUT2D eigenvalue weighted by Crippen LogP contribution is -2.38. The topological polar surface area (TPSA) is 138 Å². The molecule has 246 valence electrons. The molecule has 0 aliphatic carbocycles. The Morgan fingerprint density at radius 2 is 1.48 bits per heavy atom. The van der Waals surface area contributed by atoms with Crippen LogP contribution in [0.15, 0.2) is 60.7 Å². The first-order valence-corrected chi connectivity index (χ1v) is 16.7. The van der Waals surface area contributed by atoms with E-state index in [1.807, 2.05) is 24.3 Å². The van der Waals surface area contributed by atoms with E-state index in [-0.39, 0.29) is 41.4 Å². The Bertz CT molecular complexity index is 1530. The van der Waals surface area contributed by atoms with Crippen LogP contribution in [0.2, 0.25) is 0 Å². The highest BCUT2D eigenvalue weighted by Crippen LogP contribution is 2.48. The fraction of sp³-hybridized carbons (Fsp3) is 0.459. The lowest BCUT2D eigenvalue weighted by molar-refractivity contribution is -0.118. The third kappa shape index (κ3) is 7.32. The molecule has 8 N–H and O–H groups in total. The van der Waals surface area contributed by atoms with E-state index in [2.05, 4.69) is 90.3 Å². The van der Waals surface area contributed by atoms with Gasteiger partial charge in [0.15, 0.2) is 0 Å². The number of hydrogen-bond acceptors (Lipinski definition) is 7. The lowest BCUT2D eigenvalue weighted by atomic mass is 9.87. The molecule has 5 rings (SSSR count). The first kappa shape index (κ1) is 33.3. The maximum absolute atomic E-state index is 13.1. The number of benzene rings is 3. The lowest BCUT2D eigenvalue weighted by Gasteiger charge is -2.34. The molecule has 0 spiro atoms. The highest BCUT2D eigenvalue weighted by Gasteiger charge is 2.36. The van der Waals surface area contributed by atoms with Crippen molar-refractivity contribution in [1.29, 1.82) is 0 Å². The molecule has 9 heteroatoms. The monoisotopic (exact) mass is 625 g/mol. The van der Waals surface area contributed by atoms with Crippen molar-refractivity contribution in [2.45, 2.75) is 95.8 Å². The van der Waals surface area contributed by atoms with Crippen LogP contribution in [-0.2, 0) is 15.0 Å². The highest BCUT2D eigenvalue weighted by molar-refractivity contribution is 5.98.